The number of hydrogen-bond donors (Lipinski definition) is 2. The van der Waals surface area contributed by atoms with Crippen LogP contribution in [0, 0.1) is 0 Å². The molecule has 2 N–H and O–H groups in total. The van der Waals surface area contributed by atoms with E-state index in [1.54, 1.807) is 18.2 Å². The summed E-state index contributed by atoms with van der Waals surface area (Å²) in [5.74, 6) is 0.248. The van der Waals surface area contributed by atoms with E-state index in [1.165, 1.54) is 40.9 Å². The van der Waals surface area contributed by atoms with Crippen molar-refractivity contribution in [2.75, 3.05) is 0 Å². The molecule has 0 aliphatic rings. The van der Waals surface area contributed by atoms with Gasteiger partial charge >= 0.3 is 39.6 Å². The van der Waals surface area contributed by atoms with Crippen LogP contribution in [0.15, 0.2) is 54.6 Å². The van der Waals surface area contributed by atoms with Crippen molar-refractivity contribution >= 4 is 15.2 Å². The zero-order valence-corrected chi connectivity index (χ0v) is 13.1. The molecule has 0 bridgehead atoms. The molecule has 0 saturated carbocycles. The molecule has 0 aliphatic carbocycles. The SMILES string of the molecule is C[CH2][Al+][CH2]C.Oc1cccc(O)c1.[O-]c1ccccc1. The Morgan fingerprint density at radius 3 is 1.55 bits per heavy atom. The molecule has 0 saturated heterocycles. The van der Waals surface area contributed by atoms with Gasteiger partial charge in [0.05, 0.1) is 0 Å². The van der Waals surface area contributed by atoms with Crippen molar-refractivity contribution in [3.8, 4) is 17.2 Å². The minimum absolute atomic E-state index is 0.0718. The Morgan fingerprint density at radius 1 is 0.850 bits per heavy atom. The van der Waals surface area contributed by atoms with E-state index in [2.05, 4.69) is 13.8 Å². The Hall–Kier alpha value is -1.63. The normalized spacial score (nSPS) is 8.30. The Morgan fingerprint density at radius 2 is 1.35 bits per heavy atom. The summed E-state index contributed by atoms with van der Waals surface area (Å²) in [6.07, 6.45) is 0. The van der Waals surface area contributed by atoms with E-state index in [1.807, 2.05) is 6.07 Å². The number of phenolic OH excluding ortho intramolecular Hbond substituents is 2. The van der Waals surface area contributed by atoms with Gasteiger partial charge in [-0.15, -0.1) is 5.75 Å². The first-order chi connectivity index (χ1) is 9.60. The van der Waals surface area contributed by atoms with Gasteiger partial charge in [0.1, 0.15) is 11.5 Å². The average Bonchev–Trinajstić information content (AvgIpc) is 2.41. The van der Waals surface area contributed by atoms with Gasteiger partial charge in [0.2, 0.25) is 0 Å². The molecule has 0 fully saturated rings. The first-order valence-electron chi connectivity index (χ1n) is 6.61. The van der Waals surface area contributed by atoms with Crippen LogP contribution in [-0.2, 0) is 0 Å². The Bertz CT molecular complexity index is 427. The van der Waals surface area contributed by atoms with Crippen LogP contribution in [0.5, 0.6) is 17.2 Å². The van der Waals surface area contributed by atoms with E-state index in [-0.39, 0.29) is 17.2 Å². The monoisotopic (exact) mass is 288 g/mol. The van der Waals surface area contributed by atoms with Crippen LogP contribution in [-0.4, -0.2) is 25.4 Å². The third-order valence-electron chi connectivity index (χ3n) is 2.15. The van der Waals surface area contributed by atoms with Gasteiger partial charge in [0.15, 0.2) is 0 Å². The van der Waals surface area contributed by atoms with Gasteiger partial charge in [-0.05, 0) is 12.1 Å². The molecule has 20 heavy (non-hydrogen) atoms. The van der Waals surface area contributed by atoms with Crippen molar-refractivity contribution in [1.82, 2.24) is 0 Å². The molecule has 106 valence electrons. The van der Waals surface area contributed by atoms with E-state index >= 15 is 0 Å². The second-order valence-electron chi connectivity index (χ2n) is 3.94. The minimum atomic E-state index is 0.0718. The van der Waals surface area contributed by atoms with Crippen molar-refractivity contribution in [1.29, 1.82) is 0 Å². The molecule has 0 unspecified atom stereocenters. The van der Waals surface area contributed by atoms with E-state index in [0.29, 0.717) is 0 Å². The van der Waals surface area contributed by atoms with Gasteiger partial charge in [-0.2, -0.15) is 0 Å². The standard InChI is InChI=1S/C6H6O2.C6H6O.2C2H5.Al/c7-5-2-1-3-6(8)4-5;7-6-4-2-1-3-5-6;2*1-2;/h1-4,7-8H;1-5,7H;2*1H2,2H3;/q;;;;+1/p-1. The molecule has 0 heterocycles. The predicted molar refractivity (Wildman–Crippen MR) is 82.4 cm³/mol. The number of phenols is 2. The predicted octanol–water partition coefficient (Wildman–Crippen LogP) is 3.43. The molecule has 4 heteroatoms. The van der Waals surface area contributed by atoms with Gasteiger partial charge in [-0.1, -0.05) is 36.4 Å². The molecule has 0 spiro atoms. The van der Waals surface area contributed by atoms with E-state index in [9.17, 15) is 5.11 Å². The fourth-order valence-corrected chi connectivity index (χ4v) is 1.78. The number of rotatable bonds is 2. The van der Waals surface area contributed by atoms with Crippen molar-refractivity contribution < 1.29 is 15.3 Å². The number of aromatic hydroxyl groups is 2. The van der Waals surface area contributed by atoms with Crippen LogP contribution < -0.4 is 5.11 Å². The molecule has 2 aromatic rings. The number of benzene rings is 2. The molecule has 2 aromatic carbocycles. The summed E-state index contributed by atoms with van der Waals surface area (Å²) in [6.45, 7) is 4.50. The Balaban J connectivity index is 0.000000280. The van der Waals surface area contributed by atoms with Crippen molar-refractivity contribution in [2.24, 2.45) is 0 Å². The summed E-state index contributed by atoms with van der Waals surface area (Å²) in [6, 6.07) is 14.2. The summed E-state index contributed by atoms with van der Waals surface area (Å²) in [7, 11) is 0. The summed E-state index contributed by atoms with van der Waals surface area (Å²) < 4.78 is 0. The molecule has 0 atom stereocenters. The maximum atomic E-state index is 10.3. The summed E-state index contributed by atoms with van der Waals surface area (Å²) in [5, 5.41) is 30.4. The molecule has 0 radical (unpaired) electrons. The fourth-order valence-electron chi connectivity index (χ4n) is 1.20. The van der Waals surface area contributed by atoms with Gasteiger partial charge in [-0.25, -0.2) is 0 Å². The van der Waals surface area contributed by atoms with Crippen LogP contribution in [0.1, 0.15) is 13.8 Å². The second kappa shape index (κ2) is 12.4. The summed E-state index contributed by atoms with van der Waals surface area (Å²) in [4.78, 5) is 0. The van der Waals surface area contributed by atoms with Gasteiger partial charge in [-0.3, -0.25) is 0 Å². The van der Waals surface area contributed by atoms with Crippen LogP contribution in [0.3, 0.4) is 0 Å². The average molecular weight is 288 g/mol. The van der Waals surface area contributed by atoms with Crippen LogP contribution in [0.2, 0.25) is 10.6 Å². The molecular formula is C16H21AlO3. The van der Waals surface area contributed by atoms with Crippen molar-refractivity contribution in [3.63, 3.8) is 0 Å². The van der Waals surface area contributed by atoms with Gasteiger partial charge in [0, 0.05) is 6.07 Å². The molecule has 0 aliphatic heterocycles. The van der Waals surface area contributed by atoms with E-state index < -0.39 is 0 Å². The van der Waals surface area contributed by atoms with E-state index in [4.69, 9.17) is 10.2 Å². The zero-order valence-electron chi connectivity index (χ0n) is 12.0. The molecule has 3 nitrogen and oxygen atoms in total. The smallest absolute Gasteiger partial charge is 0.119 e. The number of hydrogen-bond acceptors (Lipinski definition) is 3. The molecule has 0 aromatic heterocycles. The maximum absolute atomic E-state index is 10.3. The topological polar surface area (TPSA) is 63.5 Å². The minimum Gasteiger partial charge on any atom is -0.872 e. The Kier molecular flexibility index (Phi) is 11.4. The van der Waals surface area contributed by atoms with Gasteiger partial charge in [0.25, 0.3) is 0 Å². The zero-order chi connectivity index (χ0) is 15.2. The quantitative estimate of drug-likeness (QED) is 0.832. The van der Waals surface area contributed by atoms with E-state index in [0.717, 1.165) is 15.2 Å². The van der Waals surface area contributed by atoms with Crippen molar-refractivity contribution in [2.45, 2.75) is 24.4 Å². The number of para-hydroxylation sites is 1. The third kappa shape index (κ3) is 11.5. The molecule has 2 rings (SSSR count). The van der Waals surface area contributed by atoms with Crippen LogP contribution >= 0.6 is 0 Å². The summed E-state index contributed by atoms with van der Waals surface area (Å²) >= 11 is 0.815. The Labute approximate surface area is 127 Å². The first kappa shape index (κ1) is 18.4. The molecular weight excluding hydrogens is 267 g/mol. The van der Waals surface area contributed by atoms with Crippen LogP contribution in [0.25, 0.3) is 0 Å². The first-order valence-corrected chi connectivity index (χ1v) is 8.25. The maximum Gasteiger partial charge on any atom is 0.119 e. The summed E-state index contributed by atoms with van der Waals surface area (Å²) in [5.41, 5.74) is 0. The second-order valence-corrected chi connectivity index (χ2v) is 6.15. The largest absolute Gasteiger partial charge is 0.872 e. The fraction of sp³-hybridized carbons (Fsp3) is 0.250. The van der Waals surface area contributed by atoms with Gasteiger partial charge < -0.3 is 15.3 Å². The third-order valence-corrected chi connectivity index (χ3v) is 3.30. The van der Waals surface area contributed by atoms with Crippen molar-refractivity contribution in [3.05, 3.63) is 54.6 Å². The molecule has 0 amide bonds. The van der Waals surface area contributed by atoms with Crippen LogP contribution in [0.4, 0.5) is 0 Å².